The van der Waals surface area contributed by atoms with Gasteiger partial charge in [0.15, 0.2) is 5.67 Å². The molecule has 4 rings (SSSR count). The van der Waals surface area contributed by atoms with E-state index in [0.29, 0.717) is 17.8 Å². The first-order valence-electron chi connectivity index (χ1n) is 7.40. The number of hydrogen-bond acceptors (Lipinski definition) is 5. The predicted molar refractivity (Wildman–Crippen MR) is 85.4 cm³/mol. The quantitative estimate of drug-likeness (QED) is 0.782. The minimum atomic E-state index is -1.14. The summed E-state index contributed by atoms with van der Waals surface area (Å²) < 4.78 is 14.2. The van der Waals surface area contributed by atoms with Gasteiger partial charge in [-0.05, 0) is 38.3 Å². The third-order valence-corrected chi connectivity index (χ3v) is 5.87. The molecule has 22 heavy (non-hydrogen) atoms. The Hall–Kier alpha value is -1.27. The van der Waals surface area contributed by atoms with Crippen molar-refractivity contribution >= 4 is 28.8 Å². The molecule has 3 heterocycles. The van der Waals surface area contributed by atoms with Crippen molar-refractivity contribution in [2.75, 3.05) is 11.4 Å². The lowest BCUT2D eigenvalue weighted by atomic mass is 10.1. The molecule has 0 saturated heterocycles. The van der Waals surface area contributed by atoms with E-state index in [1.54, 1.807) is 0 Å². The molecule has 0 aromatic carbocycles. The molecule has 0 amide bonds. The lowest BCUT2D eigenvalue weighted by Gasteiger charge is -2.28. The number of halogens is 2. The monoisotopic (exact) mass is 338 g/mol. The average molecular weight is 339 g/mol. The molecule has 0 spiro atoms. The molecule has 0 radical (unpaired) electrons. The van der Waals surface area contributed by atoms with Crippen LogP contribution in [0.15, 0.2) is 0 Å². The second-order valence-corrected chi connectivity index (χ2v) is 7.47. The molecule has 2 aliphatic rings. The summed E-state index contributed by atoms with van der Waals surface area (Å²) in [6, 6.07) is 0. The highest BCUT2D eigenvalue weighted by Crippen LogP contribution is 2.51. The topological polar surface area (TPSA) is 41.9 Å². The fraction of sp³-hybridized carbons (Fsp3) is 0.533. The van der Waals surface area contributed by atoms with Crippen molar-refractivity contribution in [1.82, 2.24) is 15.0 Å². The maximum absolute atomic E-state index is 14.2. The molecule has 1 fully saturated rings. The molecule has 4 nitrogen and oxygen atoms in total. The molecular weight excluding hydrogens is 323 g/mol. The average Bonchev–Trinajstić information content (AvgIpc) is 3.09. The zero-order chi connectivity index (χ0) is 15.5. The number of nitrogens with zero attached hydrogens (tertiary/aromatic N) is 4. The molecule has 0 N–H and O–H groups in total. The molecule has 2 aromatic heterocycles. The summed E-state index contributed by atoms with van der Waals surface area (Å²) in [7, 11) is 0. The molecule has 1 aliphatic carbocycles. The van der Waals surface area contributed by atoms with Gasteiger partial charge in [-0.1, -0.05) is 0 Å². The molecule has 1 aliphatic heterocycles. The predicted octanol–water partition coefficient (Wildman–Crippen LogP) is 3.72. The van der Waals surface area contributed by atoms with E-state index in [9.17, 15) is 4.39 Å². The number of alkyl halides is 1. The van der Waals surface area contributed by atoms with Crippen LogP contribution in [0, 0.1) is 13.8 Å². The van der Waals surface area contributed by atoms with Gasteiger partial charge in [0, 0.05) is 29.1 Å². The summed E-state index contributed by atoms with van der Waals surface area (Å²) in [6.45, 7) is 5.49. The number of anilines is 1. The van der Waals surface area contributed by atoms with Crippen molar-refractivity contribution in [3.8, 4) is 0 Å². The van der Waals surface area contributed by atoms with Crippen LogP contribution in [0.25, 0.3) is 0 Å². The van der Waals surface area contributed by atoms with Crippen molar-refractivity contribution < 1.29 is 4.39 Å². The van der Waals surface area contributed by atoms with E-state index in [1.807, 2.05) is 13.8 Å². The van der Waals surface area contributed by atoms with E-state index in [1.165, 1.54) is 11.3 Å². The van der Waals surface area contributed by atoms with Gasteiger partial charge in [-0.2, -0.15) is 0 Å². The van der Waals surface area contributed by atoms with Crippen LogP contribution in [0.1, 0.15) is 39.7 Å². The number of thiazole rings is 1. The summed E-state index contributed by atoms with van der Waals surface area (Å²) in [5.41, 5.74) is 1.85. The molecule has 1 saturated carbocycles. The number of hydrogen-bond donors (Lipinski definition) is 0. The highest BCUT2D eigenvalue weighted by molar-refractivity contribution is 7.12. The van der Waals surface area contributed by atoms with E-state index < -0.39 is 5.67 Å². The second-order valence-electron chi connectivity index (χ2n) is 6.05. The Morgan fingerprint density at radius 1 is 1.23 bits per heavy atom. The van der Waals surface area contributed by atoms with Crippen molar-refractivity contribution in [3.05, 3.63) is 32.1 Å². The number of fused-ring (bicyclic) bond motifs is 1. The SMILES string of the molecule is Cc1nc(Cl)nc(N2CCc3nc(C4(F)CC4)sc3C2)c1C. The molecule has 2 aromatic rings. The van der Waals surface area contributed by atoms with Crippen LogP contribution >= 0.6 is 22.9 Å². The Morgan fingerprint density at radius 3 is 2.73 bits per heavy atom. The lowest BCUT2D eigenvalue weighted by Crippen LogP contribution is -2.31. The molecule has 7 heteroatoms. The zero-order valence-corrected chi connectivity index (χ0v) is 14.1. The summed E-state index contributed by atoms with van der Waals surface area (Å²) in [6.07, 6.45) is 2.05. The van der Waals surface area contributed by atoms with Crippen LogP contribution in [0.4, 0.5) is 10.2 Å². The largest absolute Gasteiger partial charge is 0.351 e. The van der Waals surface area contributed by atoms with E-state index in [0.717, 1.165) is 47.2 Å². The van der Waals surface area contributed by atoms with Crippen LogP contribution in [0.2, 0.25) is 5.28 Å². The molecular formula is C15H16ClFN4S. The van der Waals surface area contributed by atoms with Gasteiger partial charge in [-0.25, -0.2) is 19.3 Å². The van der Waals surface area contributed by atoms with E-state index >= 15 is 0 Å². The minimum absolute atomic E-state index is 0.273. The molecule has 0 unspecified atom stereocenters. The number of aryl methyl sites for hydroxylation is 1. The van der Waals surface area contributed by atoms with Crippen molar-refractivity contribution in [2.24, 2.45) is 0 Å². The Balaban J connectivity index is 1.66. The fourth-order valence-corrected chi connectivity index (χ4v) is 4.25. The van der Waals surface area contributed by atoms with Gasteiger partial charge in [-0.15, -0.1) is 11.3 Å². The first-order valence-corrected chi connectivity index (χ1v) is 8.59. The number of rotatable bonds is 2. The highest BCUT2D eigenvalue weighted by Gasteiger charge is 2.48. The first-order chi connectivity index (χ1) is 10.5. The minimum Gasteiger partial charge on any atom is -0.351 e. The summed E-state index contributed by atoms with van der Waals surface area (Å²) in [5, 5.41) is 0.933. The Labute approximate surface area is 137 Å². The van der Waals surface area contributed by atoms with Crippen molar-refractivity contribution in [2.45, 2.75) is 45.3 Å². The van der Waals surface area contributed by atoms with Gasteiger partial charge < -0.3 is 4.90 Å². The second kappa shape index (κ2) is 4.86. The van der Waals surface area contributed by atoms with E-state index in [4.69, 9.17) is 11.6 Å². The summed E-state index contributed by atoms with van der Waals surface area (Å²) in [4.78, 5) is 16.4. The molecule has 0 bridgehead atoms. The zero-order valence-electron chi connectivity index (χ0n) is 12.5. The number of aromatic nitrogens is 3. The third kappa shape index (κ3) is 2.29. The Bertz CT molecular complexity index is 756. The standard InChI is InChI=1S/C15H16ClFN4S/c1-8-9(2)18-14(16)20-12(8)21-6-3-10-11(7-21)22-13(19-10)15(17)4-5-15/h3-7H2,1-2H3. The van der Waals surface area contributed by atoms with Crippen LogP contribution in [0.3, 0.4) is 0 Å². The van der Waals surface area contributed by atoms with Crippen LogP contribution in [-0.2, 0) is 18.6 Å². The van der Waals surface area contributed by atoms with Crippen LogP contribution in [0.5, 0.6) is 0 Å². The normalized spacial score (nSPS) is 19.2. The maximum atomic E-state index is 14.2. The first kappa shape index (κ1) is 14.3. The van der Waals surface area contributed by atoms with E-state index in [2.05, 4.69) is 19.9 Å². The van der Waals surface area contributed by atoms with Gasteiger partial charge in [0.2, 0.25) is 5.28 Å². The van der Waals surface area contributed by atoms with Gasteiger partial charge >= 0.3 is 0 Å². The van der Waals surface area contributed by atoms with Crippen LogP contribution < -0.4 is 4.90 Å². The highest BCUT2D eigenvalue weighted by atomic mass is 35.5. The summed E-state index contributed by atoms with van der Waals surface area (Å²) in [5.74, 6) is 0.875. The molecule has 116 valence electrons. The van der Waals surface area contributed by atoms with Crippen molar-refractivity contribution in [3.63, 3.8) is 0 Å². The Morgan fingerprint density at radius 2 is 2.00 bits per heavy atom. The van der Waals surface area contributed by atoms with Crippen LogP contribution in [-0.4, -0.2) is 21.5 Å². The van der Waals surface area contributed by atoms with Gasteiger partial charge in [0.05, 0.1) is 12.2 Å². The van der Waals surface area contributed by atoms with E-state index in [-0.39, 0.29) is 5.28 Å². The van der Waals surface area contributed by atoms with Gasteiger partial charge in [0.25, 0.3) is 0 Å². The van der Waals surface area contributed by atoms with Crippen molar-refractivity contribution in [1.29, 1.82) is 0 Å². The third-order valence-electron chi connectivity index (χ3n) is 4.44. The lowest BCUT2D eigenvalue weighted by molar-refractivity contribution is 0.316. The van der Waals surface area contributed by atoms with Gasteiger partial charge in [0.1, 0.15) is 10.8 Å². The summed E-state index contributed by atoms with van der Waals surface area (Å²) >= 11 is 7.52. The fourth-order valence-electron chi connectivity index (χ4n) is 2.78. The maximum Gasteiger partial charge on any atom is 0.224 e. The van der Waals surface area contributed by atoms with Gasteiger partial charge in [-0.3, -0.25) is 0 Å². The molecule has 0 atom stereocenters. The smallest absolute Gasteiger partial charge is 0.224 e. The Kier molecular flexibility index (Phi) is 3.17.